The lowest BCUT2D eigenvalue weighted by Crippen LogP contribution is -2.38. The molecule has 0 saturated carbocycles. The minimum Gasteiger partial charge on any atom is -0.490 e. The van der Waals surface area contributed by atoms with Crippen molar-refractivity contribution >= 4 is 0 Å². The summed E-state index contributed by atoms with van der Waals surface area (Å²) in [7, 11) is 1.51. The van der Waals surface area contributed by atoms with Crippen LogP contribution < -0.4 is 10.4 Å². The number of nitrogens with zero attached hydrogens (tertiary/aromatic N) is 5. The van der Waals surface area contributed by atoms with E-state index in [1.54, 1.807) is 6.07 Å². The molecule has 0 amide bonds. The average Bonchev–Trinajstić information content (AvgIpc) is 2.94. The lowest BCUT2D eigenvalue weighted by atomic mass is 9.86. The first-order valence-electron chi connectivity index (χ1n) is 9.03. The zero-order valence-corrected chi connectivity index (χ0v) is 16.2. The second kappa shape index (κ2) is 7.77. The van der Waals surface area contributed by atoms with Gasteiger partial charge < -0.3 is 9.47 Å². The molecule has 2 aromatic rings. The van der Waals surface area contributed by atoms with E-state index >= 15 is 0 Å². The van der Waals surface area contributed by atoms with Crippen molar-refractivity contribution in [1.29, 1.82) is 0 Å². The zero-order valence-electron chi connectivity index (χ0n) is 16.2. The topological polar surface area (TPSA) is 74.4 Å². The number of hydrogen-bond acceptors (Lipinski definition) is 6. The van der Waals surface area contributed by atoms with Crippen molar-refractivity contribution < 1.29 is 13.9 Å². The van der Waals surface area contributed by atoms with Gasteiger partial charge in [0.2, 0.25) is 0 Å². The van der Waals surface area contributed by atoms with Gasteiger partial charge in [-0.25, -0.2) is 9.18 Å². The molecule has 0 atom stereocenters. The molecule has 1 aromatic heterocycles. The van der Waals surface area contributed by atoms with Crippen LogP contribution in [0, 0.1) is 5.82 Å². The van der Waals surface area contributed by atoms with Gasteiger partial charge in [0, 0.05) is 32.7 Å². The van der Waals surface area contributed by atoms with Crippen molar-refractivity contribution in [2.45, 2.75) is 26.2 Å². The van der Waals surface area contributed by atoms with Crippen LogP contribution in [0.15, 0.2) is 16.9 Å². The van der Waals surface area contributed by atoms with E-state index in [4.69, 9.17) is 9.47 Å². The van der Waals surface area contributed by atoms with Gasteiger partial charge in [0.15, 0.2) is 0 Å². The summed E-state index contributed by atoms with van der Waals surface area (Å²) in [6.45, 7) is 9.89. The van der Waals surface area contributed by atoms with Crippen molar-refractivity contribution in [3.8, 4) is 11.4 Å². The van der Waals surface area contributed by atoms with Crippen LogP contribution >= 0.6 is 0 Å². The zero-order chi connectivity index (χ0) is 19.6. The lowest BCUT2D eigenvalue weighted by Gasteiger charge is -2.26. The molecule has 0 unspecified atom stereocenters. The Morgan fingerprint density at radius 2 is 1.93 bits per heavy atom. The Hall–Kier alpha value is -2.26. The maximum atomic E-state index is 14.7. The van der Waals surface area contributed by atoms with E-state index in [0.29, 0.717) is 37.6 Å². The summed E-state index contributed by atoms with van der Waals surface area (Å²) in [5, 5.41) is 7.63. The van der Waals surface area contributed by atoms with E-state index in [1.165, 1.54) is 13.1 Å². The third kappa shape index (κ3) is 4.36. The summed E-state index contributed by atoms with van der Waals surface area (Å²) in [5.41, 5.74) is 0.0215. The van der Waals surface area contributed by atoms with Gasteiger partial charge in [-0.05, 0) is 27.5 Å². The molecule has 0 aliphatic carbocycles. The highest BCUT2D eigenvalue weighted by Crippen LogP contribution is 2.32. The maximum absolute atomic E-state index is 14.7. The monoisotopic (exact) mass is 379 g/mol. The van der Waals surface area contributed by atoms with Crippen LogP contribution in [0.25, 0.3) is 5.69 Å². The molecule has 2 heterocycles. The molecule has 8 nitrogen and oxygen atoms in total. The van der Waals surface area contributed by atoms with Crippen molar-refractivity contribution in [3.63, 3.8) is 0 Å². The fourth-order valence-corrected chi connectivity index (χ4v) is 2.97. The third-order valence-corrected chi connectivity index (χ3v) is 4.58. The van der Waals surface area contributed by atoms with Crippen molar-refractivity contribution in [3.05, 3.63) is 34.0 Å². The molecule has 1 saturated heterocycles. The quantitative estimate of drug-likeness (QED) is 0.775. The number of halogens is 1. The minimum atomic E-state index is -0.434. The molecule has 0 bridgehead atoms. The van der Waals surface area contributed by atoms with Gasteiger partial charge in [-0.1, -0.05) is 20.8 Å². The van der Waals surface area contributed by atoms with Gasteiger partial charge in [-0.15, -0.1) is 0 Å². The van der Waals surface area contributed by atoms with Crippen molar-refractivity contribution in [2.75, 3.05) is 39.5 Å². The summed E-state index contributed by atoms with van der Waals surface area (Å²) in [6, 6.07) is 2.95. The molecular weight excluding hydrogens is 353 g/mol. The summed E-state index contributed by atoms with van der Waals surface area (Å²) in [5.74, 6) is -0.0964. The van der Waals surface area contributed by atoms with Crippen LogP contribution in [0.2, 0.25) is 0 Å². The van der Waals surface area contributed by atoms with Crippen LogP contribution in [-0.2, 0) is 17.2 Å². The van der Waals surface area contributed by atoms with Crippen molar-refractivity contribution in [2.24, 2.45) is 7.05 Å². The highest BCUT2D eigenvalue weighted by Gasteiger charge is 2.24. The number of tetrazole rings is 1. The summed E-state index contributed by atoms with van der Waals surface area (Å²) in [4.78, 5) is 14.5. The normalized spacial score (nSPS) is 15.9. The van der Waals surface area contributed by atoms with Crippen LogP contribution in [0.4, 0.5) is 4.39 Å². The van der Waals surface area contributed by atoms with Gasteiger partial charge >= 0.3 is 5.69 Å². The predicted octanol–water partition coefficient (Wildman–Crippen LogP) is 1.11. The average molecular weight is 379 g/mol. The molecule has 3 rings (SSSR count). The number of hydrogen-bond donors (Lipinski definition) is 0. The number of rotatable bonds is 5. The maximum Gasteiger partial charge on any atom is 0.368 e. The fraction of sp³-hybridized carbons (Fsp3) is 0.611. The van der Waals surface area contributed by atoms with E-state index in [9.17, 15) is 9.18 Å². The lowest BCUT2D eigenvalue weighted by molar-refractivity contribution is 0.0322. The second-order valence-electron chi connectivity index (χ2n) is 7.65. The minimum absolute atomic E-state index is 0.274. The highest BCUT2D eigenvalue weighted by molar-refractivity contribution is 5.50. The molecule has 9 heteroatoms. The van der Waals surface area contributed by atoms with E-state index in [1.807, 2.05) is 20.8 Å². The molecule has 1 aliphatic rings. The standard InChI is InChI=1S/C18H26FN5O3/c1-18(2,3)13-11-15(24-17(25)22(4)20-21-24)16(12-14(13)19)27-10-7-23-5-8-26-9-6-23/h11-12H,5-10H2,1-4H3. The predicted molar refractivity (Wildman–Crippen MR) is 98.0 cm³/mol. The Kier molecular flexibility index (Phi) is 5.61. The Bertz CT molecular complexity index is 850. The van der Waals surface area contributed by atoms with Crippen molar-refractivity contribution in [1.82, 2.24) is 24.7 Å². The van der Waals surface area contributed by atoms with E-state index in [-0.39, 0.29) is 11.6 Å². The van der Waals surface area contributed by atoms with Crippen LogP contribution in [-0.4, -0.2) is 64.1 Å². The van der Waals surface area contributed by atoms with Gasteiger partial charge in [0.25, 0.3) is 0 Å². The number of benzene rings is 1. The summed E-state index contributed by atoms with van der Waals surface area (Å²) < 4.78 is 28.1. The molecule has 0 spiro atoms. The smallest absolute Gasteiger partial charge is 0.368 e. The number of aryl methyl sites for hydroxylation is 1. The van der Waals surface area contributed by atoms with E-state index in [0.717, 1.165) is 22.5 Å². The van der Waals surface area contributed by atoms with Gasteiger partial charge in [-0.2, -0.15) is 9.36 Å². The molecular formula is C18H26FN5O3. The first kappa shape index (κ1) is 19.5. The molecule has 1 fully saturated rings. The highest BCUT2D eigenvalue weighted by atomic mass is 19.1. The summed E-state index contributed by atoms with van der Waals surface area (Å²) in [6.07, 6.45) is 0. The molecule has 148 valence electrons. The van der Waals surface area contributed by atoms with E-state index < -0.39 is 11.1 Å². The first-order chi connectivity index (χ1) is 12.8. The van der Waals surface area contributed by atoms with Gasteiger partial charge in [0.1, 0.15) is 23.9 Å². The number of ether oxygens (including phenoxy) is 2. The number of morpholine rings is 1. The Balaban J connectivity index is 1.90. The van der Waals surface area contributed by atoms with Crippen LogP contribution in [0.1, 0.15) is 26.3 Å². The first-order valence-corrected chi connectivity index (χ1v) is 9.03. The Morgan fingerprint density at radius 3 is 2.52 bits per heavy atom. The van der Waals surface area contributed by atoms with E-state index in [2.05, 4.69) is 15.3 Å². The molecule has 27 heavy (non-hydrogen) atoms. The van der Waals surface area contributed by atoms with Gasteiger partial charge in [0.05, 0.1) is 13.2 Å². The van der Waals surface area contributed by atoms with Crippen LogP contribution in [0.3, 0.4) is 0 Å². The Morgan fingerprint density at radius 1 is 1.22 bits per heavy atom. The van der Waals surface area contributed by atoms with Gasteiger partial charge in [-0.3, -0.25) is 4.90 Å². The molecule has 0 radical (unpaired) electrons. The largest absolute Gasteiger partial charge is 0.490 e. The molecule has 0 N–H and O–H groups in total. The van der Waals surface area contributed by atoms with Crippen LogP contribution in [0.5, 0.6) is 5.75 Å². The third-order valence-electron chi connectivity index (χ3n) is 4.58. The summed E-state index contributed by atoms with van der Waals surface area (Å²) >= 11 is 0. The SMILES string of the molecule is Cn1nnn(-c2cc(C(C)(C)C)c(F)cc2OCCN2CCOCC2)c1=O. The second-order valence-corrected chi connectivity index (χ2v) is 7.65. The molecule has 1 aromatic carbocycles. The fourth-order valence-electron chi connectivity index (χ4n) is 2.97. The number of aromatic nitrogens is 4. The Labute approximate surface area is 157 Å². The molecule has 1 aliphatic heterocycles.